The minimum absolute atomic E-state index is 0.0357. The van der Waals surface area contributed by atoms with Crippen LogP contribution in [0.15, 0.2) is 28.9 Å². The first-order valence-corrected chi connectivity index (χ1v) is 8.68. The van der Waals surface area contributed by atoms with Gasteiger partial charge in [0.25, 0.3) is 0 Å². The van der Waals surface area contributed by atoms with E-state index >= 15 is 0 Å². The maximum Gasteiger partial charge on any atom is 0.326 e. The Labute approximate surface area is 147 Å². The van der Waals surface area contributed by atoms with Gasteiger partial charge >= 0.3 is 5.97 Å². The van der Waals surface area contributed by atoms with Crippen LogP contribution in [0, 0.1) is 0 Å². The molecule has 1 saturated heterocycles. The summed E-state index contributed by atoms with van der Waals surface area (Å²) in [5.41, 5.74) is 1.76. The quantitative estimate of drug-likeness (QED) is 0.726. The Kier molecular flexibility index (Phi) is 4.91. The predicted molar refractivity (Wildman–Crippen MR) is 92.8 cm³/mol. The van der Waals surface area contributed by atoms with Gasteiger partial charge < -0.3 is 20.1 Å². The van der Waals surface area contributed by atoms with E-state index in [2.05, 4.69) is 26.2 Å². The molecule has 24 heavy (non-hydrogen) atoms. The molecular weight excluding hydrogens is 376 g/mol. The molecule has 3 rings (SSSR count). The highest BCUT2D eigenvalue weighted by molar-refractivity contribution is 9.10. The van der Waals surface area contributed by atoms with Gasteiger partial charge in [-0.2, -0.15) is 0 Å². The third-order valence-electron chi connectivity index (χ3n) is 4.30. The summed E-state index contributed by atoms with van der Waals surface area (Å²) in [7, 11) is 0. The number of carboxylic acid groups (broad SMARTS) is 1. The highest BCUT2D eigenvalue weighted by Gasteiger charge is 2.31. The third kappa shape index (κ3) is 3.47. The number of rotatable bonds is 5. The van der Waals surface area contributed by atoms with Crippen LogP contribution in [0.4, 0.5) is 0 Å². The van der Waals surface area contributed by atoms with Crippen molar-refractivity contribution < 1.29 is 19.4 Å². The highest BCUT2D eigenvalue weighted by Crippen LogP contribution is 2.28. The summed E-state index contributed by atoms with van der Waals surface area (Å²) in [6.07, 6.45) is 2.89. The Bertz CT molecular complexity index is 773. The van der Waals surface area contributed by atoms with Gasteiger partial charge in [0.1, 0.15) is 12.1 Å². The van der Waals surface area contributed by atoms with Crippen LogP contribution in [0.5, 0.6) is 0 Å². The Morgan fingerprint density at radius 2 is 2.25 bits per heavy atom. The van der Waals surface area contributed by atoms with E-state index in [9.17, 15) is 14.7 Å². The Hall–Kier alpha value is -1.86. The Morgan fingerprint density at radius 3 is 2.92 bits per heavy atom. The van der Waals surface area contributed by atoms with Gasteiger partial charge in [-0.3, -0.25) is 4.79 Å². The molecule has 0 bridgehead atoms. The van der Waals surface area contributed by atoms with Gasteiger partial charge in [-0.05, 0) is 37.5 Å². The van der Waals surface area contributed by atoms with E-state index in [1.54, 1.807) is 6.20 Å². The first kappa shape index (κ1) is 17.0. The molecule has 1 aromatic carbocycles. The van der Waals surface area contributed by atoms with Crippen molar-refractivity contribution in [3.05, 3.63) is 34.4 Å². The lowest BCUT2D eigenvalue weighted by Crippen LogP contribution is -2.46. The van der Waals surface area contributed by atoms with E-state index < -0.39 is 18.1 Å². The van der Waals surface area contributed by atoms with E-state index in [4.69, 9.17) is 4.74 Å². The van der Waals surface area contributed by atoms with E-state index in [1.807, 2.05) is 25.1 Å². The van der Waals surface area contributed by atoms with E-state index in [-0.39, 0.29) is 18.4 Å². The number of H-pyrrole nitrogens is 1. The normalized spacial score (nSPS) is 21.8. The van der Waals surface area contributed by atoms with Gasteiger partial charge in [-0.25, -0.2) is 4.79 Å². The number of benzene rings is 1. The number of nitrogens with one attached hydrogen (secondary N) is 2. The fourth-order valence-electron chi connectivity index (χ4n) is 3.05. The smallest absolute Gasteiger partial charge is 0.326 e. The Balaban J connectivity index is 1.76. The van der Waals surface area contributed by atoms with Crippen LogP contribution in [0.3, 0.4) is 0 Å². The van der Waals surface area contributed by atoms with Crippen LogP contribution in [0.1, 0.15) is 25.3 Å². The number of hydrogen-bond acceptors (Lipinski definition) is 3. The summed E-state index contributed by atoms with van der Waals surface area (Å²) in [6, 6.07) is 4.73. The molecular formula is C17H19BrN2O4. The van der Waals surface area contributed by atoms with E-state index in [0.29, 0.717) is 6.42 Å². The molecule has 1 aliphatic rings. The Morgan fingerprint density at radius 1 is 1.46 bits per heavy atom. The van der Waals surface area contributed by atoms with Crippen molar-refractivity contribution in [3.63, 3.8) is 0 Å². The largest absolute Gasteiger partial charge is 0.480 e. The molecule has 2 heterocycles. The lowest BCUT2D eigenvalue weighted by atomic mass is 10.0. The molecule has 3 atom stereocenters. The number of amides is 1. The number of ether oxygens (including phenoxy) is 1. The van der Waals surface area contributed by atoms with E-state index in [1.165, 1.54) is 0 Å². The lowest BCUT2D eigenvalue weighted by Gasteiger charge is -2.17. The second-order valence-electron chi connectivity index (χ2n) is 6.09. The first-order valence-electron chi connectivity index (χ1n) is 7.89. The third-order valence-corrected chi connectivity index (χ3v) is 4.96. The number of aromatic amines is 1. The summed E-state index contributed by atoms with van der Waals surface area (Å²) < 4.78 is 6.40. The number of aromatic nitrogens is 1. The highest BCUT2D eigenvalue weighted by atomic mass is 79.9. The van der Waals surface area contributed by atoms with Crippen LogP contribution in [-0.4, -0.2) is 40.2 Å². The summed E-state index contributed by atoms with van der Waals surface area (Å²) in [5.74, 6) is -1.42. The number of fused-ring (bicyclic) bond motifs is 1. The zero-order valence-electron chi connectivity index (χ0n) is 13.2. The number of carbonyl (C=O) groups excluding carboxylic acids is 1. The zero-order chi connectivity index (χ0) is 17.3. The van der Waals surface area contributed by atoms with Gasteiger partial charge in [0.15, 0.2) is 0 Å². The number of hydrogen-bond donors (Lipinski definition) is 3. The van der Waals surface area contributed by atoms with Crippen LogP contribution in [-0.2, 0) is 20.7 Å². The van der Waals surface area contributed by atoms with Crippen molar-refractivity contribution in [2.24, 2.45) is 0 Å². The van der Waals surface area contributed by atoms with Gasteiger partial charge in [0.2, 0.25) is 5.91 Å². The van der Waals surface area contributed by atoms with Crippen LogP contribution < -0.4 is 5.32 Å². The molecule has 3 unspecified atom stereocenters. The van der Waals surface area contributed by atoms with Crippen molar-refractivity contribution in [2.75, 3.05) is 0 Å². The molecule has 2 aromatic rings. The average Bonchev–Trinajstić information content (AvgIpc) is 3.14. The molecule has 0 radical (unpaired) electrons. The average molecular weight is 395 g/mol. The van der Waals surface area contributed by atoms with Gasteiger partial charge in [0, 0.05) is 28.0 Å². The number of carbonyl (C=O) groups is 2. The van der Waals surface area contributed by atoms with Crippen LogP contribution in [0.25, 0.3) is 10.9 Å². The number of halogens is 1. The standard InChI is InChI=1S/C17H19BrN2O4/c1-9-5-6-14(24-9)16(21)20-13(17(22)23)7-10-8-19-12-4-2-3-11(18)15(10)12/h2-4,8-9,13-14,19H,5-7H2,1H3,(H,20,21)(H,22,23). The molecule has 1 fully saturated rings. The van der Waals surface area contributed by atoms with E-state index in [0.717, 1.165) is 27.4 Å². The molecule has 1 aliphatic heterocycles. The zero-order valence-corrected chi connectivity index (χ0v) is 14.8. The summed E-state index contributed by atoms with van der Waals surface area (Å²) in [5, 5.41) is 13.0. The van der Waals surface area contributed by atoms with Crippen molar-refractivity contribution in [1.82, 2.24) is 10.3 Å². The number of aliphatic carboxylic acids is 1. The molecule has 0 aliphatic carbocycles. The minimum atomic E-state index is -1.06. The fraction of sp³-hybridized carbons (Fsp3) is 0.412. The molecule has 3 N–H and O–H groups in total. The number of carboxylic acids is 1. The summed E-state index contributed by atoms with van der Waals surface area (Å²) >= 11 is 3.49. The maximum atomic E-state index is 12.2. The van der Waals surface area contributed by atoms with Gasteiger partial charge in [0.05, 0.1) is 6.10 Å². The monoisotopic (exact) mass is 394 g/mol. The van der Waals surface area contributed by atoms with Crippen molar-refractivity contribution in [2.45, 2.75) is 44.4 Å². The molecule has 6 nitrogen and oxygen atoms in total. The second kappa shape index (κ2) is 6.94. The topological polar surface area (TPSA) is 91.4 Å². The van der Waals surface area contributed by atoms with Crippen molar-refractivity contribution in [3.8, 4) is 0 Å². The van der Waals surface area contributed by atoms with Crippen molar-refractivity contribution in [1.29, 1.82) is 0 Å². The summed E-state index contributed by atoms with van der Waals surface area (Å²) in [4.78, 5) is 27.0. The molecule has 0 spiro atoms. The molecule has 128 valence electrons. The summed E-state index contributed by atoms with van der Waals surface area (Å²) in [6.45, 7) is 1.91. The molecule has 1 aromatic heterocycles. The van der Waals surface area contributed by atoms with Crippen LogP contribution >= 0.6 is 15.9 Å². The van der Waals surface area contributed by atoms with Gasteiger partial charge in [-0.15, -0.1) is 0 Å². The SMILES string of the molecule is CC1CCC(C(=O)NC(Cc2c[nH]c3cccc(Br)c23)C(=O)O)O1. The first-order chi connectivity index (χ1) is 11.5. The fourth-order valence-corrected chi connectivity index (χ4v) is 3.67. The maximum absolute atomic E-state index is 12.2. The second-order valence-corrected chi connectivity index (χ2v) is 6.95. The molecule has 7 heteroatoms. The van der Waals surface area contributed by atoms with Crippen molar-refractivity contribution >= 4 is 38.7 Å². The molecule has 1 amide bonds. The lowest BCUT2D eigenvalue weighted by molar-refractivity contribution is -0.144. The molecule has 0 saturated carbocycles. The minimum Gasteiger partial charge on any atom is -0.480 e. The van der Waals surface area contributed by atoms with Gasteiger partial charge in [-0.1, -0.05) is 22.0 Å². The van der Waals surface area contributed by atoms with Crippen LogP contribution in [0.2, 0.25) is 0 Å². The predicted octanol–water partition coefficient (Wildman–Crippen LogP) is 2.61.